The van der Waals surface area contributed by atoms with Gasteiger partial charge in [0.1, 0.15) is 0 Å². The number of fused-ring (bicyclic) bond motifs is 1. The second-order valence-corrected chi connectivity index (χ2v) is 6.24. The van der Waals surface area contributed by atoms with Crippen molar-refractivity contribution in [2.75, 3.05) is 20.3 Å². The van der Waals surface area contributed by atoms with Crippen molar-refractivity contribution >= 4 is 11.9 Å². The molecule has 2 fully saturated rings. The molecule has 0 aromatic carbocycles. The van der Waals surface area contributed by atoms with Gasteiger partial charge in [-0.15, -0.1) is 0 Å². The van der Waals surface area contributed by atoms with E-state index in [0.717, 1.165) is 6.08 Å². The zero-order chi connectivity index (χ0) is 17.0. The van der Waals surface area contributed by atoms with Crippen molar-refractivity contribution in [2.45, 2.75) is 38.3 Å². The molecule has 3 N–H and O–H groups in total. The first-order chi connectivity index (χ1) is 10.9. The lowest BCUT2D eigenvalue weighted by Crippen LogP contribution is -2.42. The molecule has 8 heteroatoms. The Morgan fingerprint density at radius 2 is 1.96 bits per heavy atom. The van der Waals surface area contributed by atoms with Crippen molar-refractivity contribution in [3.8, 4) is 0 Å². The average molecular weight is 328 g/mol. The monoisotopic (exact) mass is 328 g/mol. The molecule has 1 saturated heterocycles. The van der Waals surface area contributed by atoms with Crippen LogP contribution < -0.4 is 10.6 Å². The van der Waals surface area contributed by atoms with Gasteiger partial charge in [-0.2, -0.15) is 0 Å². The van der Waals surface area contributed by atoms with E-state index < -0.39 is 17.7 Å². The van der Waals surface area contributed by atoms with Crippen LogP contribution in [-0.4, -0.2) is 55.3 Å². The summed E-state index contributed by atoms with van der Waals surface area (Å²) in [5.41, 5.74) is 0. The lowest BCUT2D eigenvalue weighted by Gasteiger charge is -2.23. The fraction of sp³-hybridized carbons (Fsp3) is 0.733. The number of urea groups is 1. The minimum Gasteiger partial charge on any atom is -0.504 e. The number of carbonyl (C=O) groups excluding carboxylic acids is 2. The van der Waals surface area contributed by atoms with Gasteiger partial charge in [0.15, 0.2) is 5.79 Å². The number of hydrogen-bond donors (Lipinski definition) is 3. The number of carbonyl (C=O) groups is 2. The maximum Gasteiger partial charge on any atom is 0.321 e. The fourth-order valence-corrected chi connectivity index (χ4v) is 3.13. The molecule has 1 heterocycles. The van der Waals surface area contributed by atoms with E-state index in [0.29, 0.717) is 13.0 Å². The molecule has 0 aromatic rings. The number of imide groups is 1. The second kappa shape index (κ2) is 7.29. The van der Waals surface area contributed by atoms with E-state index in [1.807, 2.05) is 13.8 Å². The Bertz CT molecular complexity index is 479. The van der Waals surface area contributed by atoms with Gasteiger partial charge in [0.05, 0.1) is 25.6 Å². The van der Waals surface area contributed by atoms with Crippen molar-refractivity contribution in [2.24, 2.45) is 11.8 Å². The third-order valence-corrected chi connectivity index (χ3v) is 4.05. The van der Waals surface area contributed by atoms with E-state index in [1.165, 1.54) is 13.4 Å². The molecule has 2 aliphatic rings. The number of methoxy groups -OCH3 is 1. The minimum absolute atomic E-state index is 0.0112. The first-order valence-electron chi connectivity index (χ1n) is 7.61. The molecular weight excluding hydrogens is 304 g/mol. The summed E-state index contributed by atoms with van der Waals surface area (Å²) in [6.07, 6.45) is 2.65. The SMILES string of the molecule is CO/C=C/C(=O)NC(=O)NC[C@@H]1C[C@H](CO)[C@H]2OC(C)(C)O[C@@H]12. The van der Waals surface area contributed by atoms with Gasteiger partial charge in [0.25, 0.3) is 5.91 Å². The van der Waals surface area contributed by atoms with Gasteiger partial charge in [-0.25, -0.2) is 4.79 Å². The van der Waals surface area contributed by atoms with E-state index in [9.17, 15) is 14.7 Å². The van der Waals surface area contributed by atoms with Crippen LogP contribution in [0.15, 0.2) is 12.3 Å². The van der Waals surface area contributed by atoms with Gasteiger partial charge >= 0.3 is 6.03 Å². The molecule has 130 valence electrons. The van der Waals surface area contributed by atoms with Gasteiger partial charge in [-0.05, 0) is 20.3 Å². The molecule has 0 bridgehead atoms. The maximum absolute atomic E-state index is 11.7. The quantitative estimate of drug-likeness (QED) is 0.489. The highest BCUT2D eigenvalue weighted by atomic mass is 16.8. The molecule has 3 amide bonds. The molecule has 4 atom stereocenters. The molecular formula is C15H24N2O6. The van der Waals surface area contributed by atoms with Gasteiger partial charge in [-0.1, -0.05) is 0 Å². The Hall–Kier alpha value is -1.64. The molecule has 8 nitrogen and oxygen atoms in total. The molecule has 1 saturated carbocycles. The number of nitrogens with one attached hydrogen (secondary N) is 2. The van der Waals surface area contributed by atoms with E-state index in [1.54, 1.807) is 0 Å². The minimum atomic E-state index is -0.690. The van der Waals surface area contributed by atoms with Crippen LogP contribution in [0.5, 0.6) is 0 Å². The highest BCUT2D eigenvalue weighted by Gasteiger charge is 2.53. The topological polar surface area (TPSA) is 106 Å². The lowest BCUT2D eigenvalue weighted by molar-refractivity contribution is -0.162. The zero-order valence-corrected chi connectivity index (χ0v) is 13.6. The van der Waals surface area contributed by atoms with Crippen LogP contribution >= 0.6 is 0 Å². The highest BCUT2D eigenvalue weighted by Crippen LogP contribution is 2.44. The van der Waals surface area contributed by atoms with Gasteiger partial charge in [-0.3, -0.25) is 10.1 Å². The molecule has 1 aliphatic carbocycles. The van der Waals surface area contributed by atoms with Crippen molar-refractivity contribution in [1.29, 1.82) is 0 Å². The Kier molecular flexibility index (Phi) is 5.61. The Labute approximate surface area is 135 Å². The summed E-state index contributed by atoms with van der Waals surface area (Å²) in [6, 6.07) is -0.585. The molecule has 1 aliphatic heterocycles. The summed E-state index contributed by atoms with van der Waals surface area (Å²) in [7, 11) is 1.41. The smallest absolute Gasteiger partial charge is 0.321 e. The Balaban J connectivity index is 1.84. The zero-order valence-electron chi connectivity index (χ0n) is 13.6. The van der Waals surface area contributed by atoms with Crippen LogP contribution in [0.4, 0.5) is 4.79 Å². The van der Waals surface area contributed by atoms with Crippen molar-refractivity contribution in [1.82, 2.24) is 10.6 Å². The number of aliphatic hydroxyl groups excluding tert-OH is 1. The number of hydrogen-bond acceptors (Lipinski definition) is 6. The van der Waals surface area contributed by atoms with E-state index >= 15 is 0 Å². The van der Waals surface area contributed by atoms with Crippen LogP contribution in [0.3, 0.4) is 0 Å². The average Bonchev–Trinajstić information content (AvgIpc) is 2.96. The summed E-state index contributed by atoms with van der Waals surface area (Å²) in [5, 5.41) is 14.3. The number of rotatable bonds is 5. The van der Waals surface area contributed by atoms with E-state index in [4.69, 9.17) is 9.47 Å². The van der Waals surface area contributed by atoms with Crippen LogP contribution in [-0.2, 0) is 19.0 Å². The summed E-state index contributed by atoms with van der Waals surface area (Å²) in [4.78, 5) is 23.1. The fourth-order valence-electron chi connectivity index (χ4n) is 3.13. The third kappa shape index (κ3) is 4.43. The standard InChI is InChI=1S/C15H24N2O6/c1-15(2)22-12-9(6-10(8-18)13(12)23-15)7-16-14(20)17-11(19)4-5-21-3/h4-5,9-10,12-13,18H,6-8H2,1-3H3,(H2,16,17,19,20)/b5-4+/t9-,10+,12-,13+/m0/s1. The summed E-state index contributed by atoms with van der Waals surface area (Å²) in [5.74, 6) is -1.24. The van der Waals surface area contributed by atoms with Gasteiger partial charge in [0, 0.05) is 31.1 Å². The first-order valence-corrected chi connectivity index (χ1v) is 7.61. The predicted molar refractivity (Wildman–Crippen MR) is 80.2 cm³/mol. The van der Waals surface area contributed by atoms with Crippen molar-refractivity contribution in [3.63, 3.8) is 0 Å². The van der Waals surface area contributed by atoms with E-state index in [-0.39, 0.29) is 30.7 Å². The van der Waals surface area contributed by atoms with Crippen molar-refractivity contribution in [3.05, 3.63) is 12.3 Å². The predicted octanol–water partition coefficient (Wildman–Crippen LogP) is 0.121. The number of aliphatic hydroxyl groups is 1. The van der Waals surface area contributed by atoms with Crippen LogP contribution in [0.1, 0.15) is 20.3 Å². The second-order valence-electron chi connectivity index (χ2n) is 6.24. The largest absolute Gasteiger partial charge is 0.504 e. The van der Waals surface area contributed by atoms with Gasteiger partial charge < -0.3 is 24.6 Å². The highest BCUT2D eigenvalue weighted by molar-refractivity contribution is 6.00. The summed E-state index contributed by atoms with van der Waals surface area (Å²) >= 11 is 0. The third-order valence-electron chi connectivity index (χ3n) is 4.05. The Morgan fingerprint density at radius 3 is 2.57 bits per heavy atom. The summed E-state index contributed by atoms with van der Waals surface area (Å²) < 4.78 is 16.3. The molecule has 0 spiro atoms. The normalized spacial score (nSPS) is 31.8. The van der Waals surface area contributed by atoms with Crippen LogP contribution in [0, 0.1) is 11.8 Å². The van der Waals surface area contributed by atoms with Crippen LogP contribution in [0.25, 0.3) is 0 Å². The molecule has 0 unspecified atom stereocenters. The first kappa shape index (κ1) is 17.7. The summed E-state index contributed by atoms with van der Waals surface area (Å²) in [6.45, 7) is 4.02. The Morgan fingerprint density at radius 1 is 1.30 bits per heavy atom. The molecule has 2 rings (SSSR count). The molecule has 0 radical (unpaired) electrons. The van der Waals surface area contributed by atoms with E-state index in [2.05, 4.69) is 15.4 Å². The molecule has 0 aromatic heterocycles. The van der Waals surface area contributed by atoms with Crippen LogP contribution in [0.2, 0.25) is 0 Å². The van der Waals surface area contributed by atoms with Gasteiger partial charge in [0.2, 0.25) is 0 Å². The lowest BCUT2D eigenvalue weighted by atomic mass is 10.0. The molecule has 23 heavy (non-hydrogen) atoms. The number of ether oxygens (including phenoxy) is 3. The maximum atomic E-state index is 11.7. The van der Waals surface area contributed by atoms with Crippen molar-refractivity contribution < 1.29 is 28.9 Å². The number of amides is 3.